The van der Waals surface area contributed by atoms with Crippen LogP contribution in [0.15, 0.2) is 18.2 Å². The monoisotopic (exact) mass is 342 g/mol. The van der Waals surface area contributed by atoms with Crippen molar-refractivity contribution in [3.8, 4) is 5.75 Å². The molecule has 6 heteroatoms. The van der Waals surface area contributed by atoms with Crippen LogP contribution in [0.1, 0.15) is 5.56 Å². The van der Waals surface area contributed by atoms with Gasteiger partial charge in [0.2, 0.25) is 0 Å². The van der Waals surface area contributed by atoms with E-state index >= 15 is 0 Å². The molecule has 1 aromatic carbocycles. The molecule has 84 valence electrons. The van der Waals surface area contributed by atoms with Gasteiger partial charge in [-0.25, -0.2) is 0 Å². The Kier molecular flexibility index (Phi) is 4.35. The van der Waals surface area contributed by atoms with Crippen LogP contribution in [-0.4, -0.2) is 21.8 Å². The second kappa shape index (κ2) is 5.13. The normalized spacial score (nSPS) is 11.4. The summed E-state index contributed by atoms with van der Waals surface area (Å²) in [6.45, 7) is 0.0338. The molecule has 0 fully saturated rings. The number of hydrogen-bond donors (Lipinski definition) is 0. The summed E-state index contributed by atoms with van der Waals surface area (Å²) >= 11 is 2.14. The van der Waals surface area contributed by atoms with Gasteiger partial charge in [0.25, 0.3) is 10.1 Å². The van der Waals surface area contributed by atoms with Gasteiger partial charge in [-0.2, -0.15) is 8.42 Å². The van der Waals surface area contributed by atoms with Gasteiger partial charge in [-0.15, -0.1) is 0 Å². The highest BCUT2D eigenvalue weighted by Crippen LogP contribution is 2.22. The topological polar surface area (TPSA) is 52.6 Å². The molecule has 1 rings (SSSR count). The Morgan fingerprint density at radius 2 is 2.07 bits per heavy atom. The summed E-state index contributed by atoms with van der Waals surface area (Å²) in [5.74, 6) is 0.713. The van der Waals surface area contributed by atoms with Crippen molar-refractivity contribution in [3.63, 3.8) is 0 Å². The van der Waals surface area contributed by atoms with Crippen molar-refractivity contribution in [2.45, 2.75) is 6.61 Å². The molecule has 0 aliphatic carbocycles. The van der Waals surface area contributed by atoms with Crippen LogP contribution in [-0.2, 0) is 20.9 Å². The van der Waals surface area contributed by atoms with Crippen LogP contribution in [0, 0.1) is 3.57 Å². The number of hydrogen-bond acceptors (Lipinski definition) is 4. The lowest BCUT2D eigenvalue weighted by atomic mass is 10.2. The number of methoxy groups -OCH3 is 1. The number of rotatable bonds is 4. The van der Waals surface area contributed by atoms with E-state index in [1.54, 1.807) is 19.2 Å². The molecule has 0 N–H and O–H groups in total. The summed E-state index contributed by atoms with van der Waals surface area (Å²) in [5.41, 5.74) is 0.762. The molecule has 4 nitrogen and oxygen atoms in total. The van der Waals surface area contributed by atoms with Crippen molar-refractivity contribution in [2.24, 2.45) is 0 Å². The third-order valence-electron chi connectivity index (χ3n) is 1.66. The predicted molar refractivity (Wildman–Crippen MR) is 65.3 cm³/mol. The summed E-state index contributed by atoms with van der Waals surface area (Å²) in [4.78, 5) is 0. The third kappa shape index (κ3) is 4.35. The van der Waals surface area contributed by atoms with Crippen molar-refractivity contribution in [1.29, 1.82) is 0 Å². The van der Waals surface area contributed by atoms with Crippen LogP contribution >= 0.6 is 22.6 Å². The Morgan fingerprint density at radius 1 is 1.40 bits per heavy atom. The van der Waals surface area contributed by atoms with Gasteiger partial charge in [0.05, 0.1) is 23.5 Å². The molecule has 0 aliphatic heterocycles. The van der Waals surface area contributed by atoms with E-state index < -0.39 is 10.1 Å². The van der Waals surface area contributed by atoms with Crippen molar-refractivity contribution < 1.29 is 17.3 Å². The van der Waals surface area contributed by atoms with Gasteiger partial charge in [-0.3, -0.25) is 4.18 Å². The smallest absolute Gasteiger partial charge is 0.264 e. The second-order valence-electron chi connectivity index (χ2n) is 2.94. The molecular weight excluding hydrogens is 331 g/mol. The minimum atomic E-state index is -3.39. The Hall–Kier alpha value is -0.340. The van der Waals surface area contributed by atoms with Gasteiger partial charge >= 0.3 is 0 Å². The number of halogens is 1. The van der Waals surface area contributed by atoms with Crippen LogP contribution in [0.3, 0.4) is 0 Å². The Bertz CT molecular complexity index is 441. The van der Waals surface area contributed by atoms with Crippen LogP contribution in [0.25, 0.3) is 0 Å². The first-order chi connectivity index (χ1) is 6.92. The second-order valence-corrected chi connectivity index (χ2v) is 5.74. The lowest BCUT2D eigenvalue weighted by Gasteiger charge is -2.06. The molecule has 0 unspecified atom stereocenters. The largest absolute Gasteiger partial charge is 0.496 e. The fourth-order valence-electron chi connectivity index (χ4n) is 0.969. The first kappa shape index (κ1) is 12.7. The molecule has 0 radical (unpaired) electrons. The molecule has 0 saturated heterocycles. The first-order valence-corrected chi connectivity index (χ1v) is 6.99. The molecule has 0 spiro atoms. The highest BCUT2D eigenvalue weighted by Gasteiger charge is 2.05. The minimum absolute atomic E-state index is 0.0338. The zero-order valence-electron chi connectivity index (χ0n) is 8.36. The molecule has 0 amide bonds. The average molecular weight is 342 g/mol. The summed E-state index contributed by atoms with van der Waals surface area (Å²) in [5, 5.41) is 0. The van der Waals surface area contributed by atoms with Gasteiger partial charge in [0, 0.05) is 0 Å². The summed E-state index contributed by atoms with van der Waals surface area (Å²) < 4.78 is 32.3. The number of ether oxygens (including phenoxy) is 1. The van der Waals surface area contributed by atoms with E-state index in [9.17, 15) is 8.42 Å². The molecule has 0 atom stereocenters. The lowest BCUT2D eigenvalue weighted by Crippen LogP contribution is -2.02. The zero-order valence-corrected chi connectivity index (χ0v) is 11.3. The Balaban J connectivity index is 2.79. The predicted octanol–water partition coefficient (Wildman–Crippen LogP) is 1.78. The van der Waals surface area contributed by atoms with Crippen LogP contribution in [0.5, 0.6) is 5.75 Å². The third-order valence-corrected chi connectivity index (χ3v) is 3.09. The first-order valence-electron chi connectivity index (χ1n) is 4.09. The molecule has 0 bridgehead atoms. The average Bonchev–Trinajstić information content (AvgIpc) is 2.15. The van der Waals surface area contributed by atoms with E-state index in [4.69, 9.17) is 4.74 Å². The minimum Gasteiger partial charge on any atom is -0.496 e. The summed E-state index contributed by atoms with van der Waals surface area (Å²) in [7, 11) is -1.83. The van der Waals surface area contributed by atoms with Gasteiger partial charge in [-0.05, 0) is 40.3 Å². The van der Waals surface area contributed by atoms with E-state index in [0.717, 1.165) is 15.4 Å². The van der Waals surface area contributed by atoms with Crippen molar-refractivity contribution >= 4 is 32.7 Å². The SMILES string of the molecule is COc1cc(COS(C)(=O)=O)ccc1I. The Morgan fingerprint density at radius 3 is 2.60 bits per heavy atom. The van der Waals surface area contributed by atoms with Gasteiger partial charge in [0.15, 0.2) is 0 Å². The van der Waals surface area contributed by atoms with Crippen LogP contribution in [0.4, 0.5) is 0 Å². The molecule has 0 aromatic heterocycles. The van der Waals surface area contributed by atoms with Crippen LogP contribution < -0.4 is 4.74 Å². The maximum atomic E-state index is 10.8. The van der Waals surface area contributed by atoms with E-state index in [2.05, 4.69) is 26.8 Å². The molecule has 15 heavy (non-hydrogen) atoms. The van der Waals surface area contributed by atoms with Gasteiger partial charge < -0.3 is 4.74 Å². The van der Waals surface area contributed by atoms with Gasteiger partial charge in [0.1, 0.15) is 5.75 Å². The number of benzene rings is 1. The molecular formula is C9H11IO4S. The van der Waals surface area contributed by atoms with Crippen molar-refractivity contribution in [3.05, 3.63) is 27.3 Å². The van der Waals surface area contributed by atoms with Gasteiger partial charge in [-0.1, -0.05) is 6.07 Å². The Labute approximate surface area is 103 Å². The van der Waals surface area contributed by atoms with Crippen LogP contribution in [0.2, 0.25) is 0 Å². The maximum Gasteiger partial charge on any atom is 0.264 e. The van der Waals surface area contributed by atoms with E-state index in [-0.39, 0.29) is 6.61 Å². The molecule has 1 aromatic rings. The van der Waals surface area contributed by atoms with E-state index in [1.807, 2.05) is 6.07 Å². The fraction of sp³-hybridized carbons (Fsp3) is 0.333. The zero-order chi connectivity index (χ0) is 11.5. The molecule has 0 aliphatic rings. The fourth-order valence-corrected chi connectivity index (χ4v) is 1.87. The lowest BCUT2D eigenvalue weighted by molar-refractivity contribution is 0.310. The highest BCUT2D eigenvalue weighted by atomic mass is 127. The van der Waals surface area contributed by atoms with Crippen molar-refractivity contribution in [2.75, 3.05) is 13.4 Å². The highest BCUT2D eigenvalue weighted by molar-refractivity contribution is 14.1. The van der Waals surface area contributed by atoms with E-state index in [0.29, 0.717) is 5.75 Å². The summed E-state index contributed by atoms with van der Waals surface area (Å²) in [6, 6.07) is 5.41. The summed E-state index contributed by atoms with van der Waals surface area (Å²) in [6.07, 6.45) is 1.02. The van der Waals surface area contributed by atoms with E-state index in [1.165, 1.54) is 0 Å². The standard InChI is InChI=1S/C9H11IO4S/c1-13-9-5-7(3-4-8(9)10)6-14-15(2,11)12/h3-5H,6H2,1-2H3. The maximum absolute atomic E-state index is 10.8. The quantitative estimate of drug-likeness (QED) is 0.618. The molecule has 0 heterocycles. The van der Waals surface area contributed by atoms with Crippen molar-refractivity contribution in [1.82, 2.24) is 0 Å². The molecule has 0 saturated carbocycles.